The first kappa shape index (κ1) is 29.3. The average molecular weight is 579 g/mol. The molecule has 3 rings (SSSR count). The molecule has 3 aromatic rings. The molecule has 0 unspecified atom stereocenters. The van der Waals surface area contributed by atoms with Crippen LogP contribution in [0.2, 0.25) is 10.0 Å². The van der Waals surface area contributed by atoms with Gasteiger partial charge in [0.2, 0.25) is 11.8 Å². The molecule has 3 aromatic carbocycles. The van der Waals surface area contributed by atoms with Crippen molar-refractivity contribution in [2.24, 2.45) is 0 Å². The van der Waals surface area contributed by atoms with Crippen molar-refractivity contribution in [3.63, 3.8) is 0 Å². The van der Waals surface area contributed by atoms with Crippen LogP contribution in [0.4, 0.5) is 5.69 Å². The maximum Gasteiger partial charge on any atom is 0.264 e. The molecule has 202 valence electrons. The molecule has 0 aliphatic heterocycles. The summed E-state index contributed by atoms with van der Waals surface area (Å²) in [5, 5.41) is 3.33. The predicted molar refractivity (Wildman–Crippen MR) is 149 cm³/mol. The van der Waals surface area contributed by atoms with Crippen LogP contribution in [-0.4, -0.2) is 51.4 Å². The zero-order valence-corrected chi connectivity index (χ0v) is 23.6. The van der Waals surface area contributed by atoms with Crippen molar-refractivity contribution >= 4 is 50.7 Å². The highest BCUT2D eigenvalue weighted by Crippen LogP contribution is 2.33. The Hall–Kier alpha value is -3.27. The summed E-state index contributed by atoms with van der Waals surface area (Å²) in [5.74, 6) is -0.727. The maximum absolute atomic E-state index is 13.9. The molecule has 38 heavy (non-hydrogen) atoms. The van der Waals surface area contributed by atoms with E-state index in [1.54, 1.807) is 62.4 Å². The van der Waals surface area contributed by atoms with E-state index in [9.17, 15) is 18.0 Å². The Balaban J connectivity index is 2.10. The number of carbonyl (C=O) groups is 2. The summed E-state index contributed by atoms with van der Waals surface area (Å²) >= 11 is 12.3. The fraction of sp³-hybridized carbons (Fsp3) is 0.259. The van der Waals surface area contributed by atoms with E-state index in [2.05, 4.69) is 5.32 Å². The largest absolute Gasteiger partial charge is 0.492 e. The van der Waals surface area contributed by atoms with Gasteiger partial charge in [0.15, 0.2) is 0 Å². The minimum absolute atomic E-state index is 0.00493. The number of hydrogen-bond acceptors (Lipinski definition) is 5. The number of halogens is 2. The highest BCUT2D eigenvalue weighted by atomic mass is 35.5. The summed E-state index contributed by atoms with van der Waals surface area (Å²) in [6, 6.07) is 18.2. The number of benzene rings is 3. The van der Waals surface area contributed by atoms with E-state index in [1.807, 2.05) is 0 Å². The van der Waals surface area contributed by atoms with Crippen LogP contribution in [0.3, 0.4) is 0 Å². The number of sulfonamides is 1. The second-order valence-electron chi connectivity index (χ2n) is 8.27. The van der Waals surface area contributed by atoms with Crippen LogP contribution in [0.25, 0.3) is 0 Å². The lowest BCUT2D eigenvalue weighted by Crippen LogP contribution is -2.50. The molecule has 0 fully saturated rings. The molecule has 11 heteroatoms. The molecule has 1 atom stereocenters. The molecule has 0 radical (unpaired) electrons. The van der Waals surface area contributed by atoms with Crippen molar-refractivity contribution < 1.29 is 22.7 Å². The summed E-state index contributed by atoms with van der Waals surface area (Å²) in [6.07, 6.45) is 0. The van der Waals surface area contributed by atoms with Crippen molar-refractivity contribution in [2.75, 3.05) is 24.5 Å². The van der Waals surface area contributed by atoms with Gasteiger partial charge in [-0.3, -0.25) is 13.9 Å². The molecule has 0 spiro atoms. The van der Waals surface area contributed by atoms with E-state index in [4.69, 9.17) is 27.9 Å². The number of nitrogens with one attached hydrogen (secondary N) is 1. The molecular weight excluding hydrogens is 549 g/mol. The number of rotatable bonds is 11. The van der Waals surface area contributed by atoms with E-state index in [-0.39, 0.29) is 29.5 Å². The van der Waals surface area contributed by atoms with Gasteiger partial charge in [-0.05, 0) is 61.9 Å². The van der Waals surface area contributed by atoms with Gasteiger partial charge < -0.3 is 15.0 Å². The van der Waals surface area contributed by atoms with Gasteiger partial charge in [-0.15, -0.1) is 0 Å². The lowest BCUT2D eigenvalue weighted by Gasteiger charge is -2.32. The molecule has 0 bridgehead atoms. The molecule has 2 amide bonds. The summed E-state index contributed by atoms with van der Waals surface area (Å²) in [4.78, 5) is 27.7. The first-order valence-electron chi connectivity index (χ1n) is 11.8. The molecule has 0 aromatic heterocycles. The topological polar surface area (TPSA) is 96.0 Å². The summed E-state index contributed by atoms with van der Waals surface area (Å²) in [5.41, 5.74) is 0.794. The number of para-hydroxylation sites is 2. The standard InChI is InChI=1S/C27H29Cl2N3O5S/c1-4-37-25-12-8-7-11-24(25)32(38(35,36)22-15-13-21(28)14-16-22)18-26(33)31(19(2)27(34)30-3)17-20-9-5-6-10-23(20)29/h5-16,19H,4,17-18H2,1-3H3,(H,30,34)/t19-/m1/s1. The first-order valence-corrected chi connectivity index (χ1v) is 14.0. The monoisotopic (exact) mass is 577 g/mol. The van der Waals surface area contributed by atoms with Crippen molar-refractivity contribution in [3.05, 3.63) is 88.4 Å². The lowest BCUT2D eigenvalue weighted by molar-refractivity contribution is -0.139. The molecule has 1 N–H and O–H groups in total. The molecule has 0 aliphatic carbocycles. The van der Waals surface area contributed by atoms with E-state index < -0.39 is 34.4 Å². The van der Waals surface area contributed by atoms with Gasteiger partial charge in [0, 0.05) is 23.6 Å². The molecule has 0 heterocycles. The van der Waals surface area contributed by atoms with Gasteiger partial charge in [0.25, 0.3) is 10.0 Å². The van der Waals surface area contributed by atoms with Crippen LogP contribution in [-0.2, 0) is 26.2 Å². The number of nitrogens with zero attached hydrogens (tertiary/aromatic N) is 2. The van der Waals surface area contributed by atoms with Crippen molar-refractivity contribution in [1.82, 2.24) is 10.2 Å². The molecular formula is C27H29Cl2N3O5S. The Bertz CT molecular complexity index is 1380. The summed E-state index contributed by atoms with van der Waals surface area (Å²) in [7, 11) is -2.79. The first-order chi connectivity index (χ1) is 18.1. The van der Waals surface area contributed by atoms with Gasteiger partial charge in [-0.25, -0.2) is 8.42 Å². The lowest BCUT2D eigenvalue weighted by atomic mass is 10.1. The predicted octanol–water partition coefficient (Wildman–Crippen LogP) is 4.75. The van der Waals surface area contributed by atoms with E-state index in [0.717, 1.165) is 4.31 Å². The van der Waals surface area contributed by atoms with E-state index in [0.29, 0.717) is 15.6 Å². The zero-order chi connectivity index (χ0) is 27.9. The average Bonchev–Trinajstić information content (AvgIpc) is 2.91. The van der Waals surface area contributed by atoms with Crippen LogP contribution in [0.1, 0.15) is 19.4 Å². The number of hydrogen-bond donors (Lipinski definition) is 1. The minimum atomic E-state index is -4.25. The minimum Gasteiger partial charge on any atom is -0.492 e. The van der Waals surface area contributed by atoms with Crippen LogP contribution < -0.4 is 14.4 Å². The Kier molecular flexibility index (Phi) is 10.0. The maximum atomic E-state index is 13.9. The summed E-state index contributed by atoms with van der Waals surface area (Å²) in [6.45, 7) is 3.03. The third-order valence-electron chi connectivity index (χ3n) is 5.83. The van der Waals surface area contributed by atoms with Crippen molar-refractivity contribution in [3.8, 4) is 5.75 Å². The number of ether oxygens (including phenoxy) is 1. The molecule has 0 aliphatic rings. The molecule has 8 nitrogen and oxygen atoms in total. The van der Waals surface area contributed by atoms with Crippen LogP contribution in [0.5, 0.6) is 5.75 Å². The van der Waals surface area contributed by atoms with Gasteiger partial charge in [-0.2, -0.15) is 0 Å². The smallest absolute Gasteiger partial charge is 0.264 e. The number of anilines is 1. The van der Waals surface area contributed by atoms with Gasteiger partial charge in [0.1, 0.15) is 18.3 Å². The van der Waals surface area contributed by atoms with Crippen LogP contribution in [0, 0.1) is 0 Å². The van der Waals surface area contributed by atoms with Crippen molar-refractivity contribution in [2.45, 2.75) is 31.3 Å². The SMILES string of the molecule is CCOc1ccccc1N(CC(=O)N(Cc1ccccc1Cl)[C@H](C)C(=O)NC)S(=O)(=O)c1ccc(Cl)cc1. The van der Waals surface area contributed by atoms with Gasteiger partial charge in [-0.1, -0.05) is 53.5 Å². The highest BCUT2D eigenvalue weighted by molar-refractivity contribution is 7.92. The normalized spacial score (nSPS) is 11.9. The molecule has 0 saturated carbocycles. The van der Waals surface area contributed by atoms with Crippen LogP contribution >= 0.6 is 23.2 Å². The fourth-order valence-corrected chi connectivity index (χ4v) is 5.54. The quantitative estimate of drug-likeness (QED) is 0.354. The Morgan fingerprint density at radius 3 is 2.24 bits per heavy atom. The third kappa shape index (κ3) is 6.78. The van der Waals surface area contributed by atoms with E-state index >= 15 is 0 Å². The Labute approximate surface area is 233 Å². The van der Waals surface area contributed by atoms with Crippen molar-refractivity contribution in [1.29, 1.82) is 0 Å². The second-order valence-corrected chi connectivity index (χ2v) is 11.0. The number of amides is 2. The second kappa shape index (κ2) is 13.0. The zero-order valence-electron chi connectivity index (χ0n) is 21.2. The number of carbonyl (C=O) groups excluding carboxylic acids is 2. The van der Waals surface area contributed by atoms with Gasteiger partial charge >= 0.3 is 0 Å². The highest BCUT2D eigenvalue weighted by Gasteiger charge is 2.33. The summed E-state index contributed by atoms with van der Waals surface area (Å²) < 4.78 is 34.5. The van der Waals surface area contributed by atoms with Gasteiger partial charge in [0.05, 0.1) is 17.2 Å². The molecule has 0 saturated heterocycles. The Morgan fingerprint density at radius 1 is 0.974 bits per heavy atom. The van der Waals surface area contributed by atoms with E-state index in [1.165, 1.54) is 36.2 Å². The third-order valence-corrected chi connectivity index (χ3v) is 8.22. The fourth-order valence-electron chi connectivity index (χ4n) is 3.79. The Morgan fingerprint density at radius 2 is 1.61 bits per heavy atom. The number of likely N-dealkylation sites (N-methyl/N-ethyl adjacent to an activating group) is 1. The van der Waals surface area contributed by atoms with Crippen LogP contribution in [0.15, 0.2) is 77.7 Å².